The molecule has 10 heteroatoms. The minimum absolute atomic E-state index is 0.367. The molecular weight excluding hydrogens is 456 g/mol. The van der Waals surface area contributed by atoms with E-state index in [-0.39, 0.29) is 6.03 Å². The number of pyridine rings is 1. The van der Waals surface area contributed by atoms with Gasteiger partial charge in [0.2, 0.25) is 0 Å². The Morgan fingerprint density at radius 1 is 1.06 bits per heavy atom. The van der Waals surface area contributed by atoms with Crippen molar-refractivity contribution < 1.29 is 14.3 Å². The first-order chi connectivity index (χ1) is 15.1. The molecule has 2 aromatic heterocycles. The average molecular weight is 473 g/mol. The molecule has 0 aliphatic rings. The Kier molecular flexibility index (Phi) is 6.45. The van der Waals surface area contributed by atoms with Gasteiger partial charge in [-0.2, -0.15) is 0 Å². The quantitative estimate of drug-likeness (QED) is 0.349. The molecule has 0 bridgehead atoms. The molecule has 2 amide bonds. The average Bonchev–Trinajstić information content (AvgIpc) is 3.19. The van der Waals surface area contributed by atoms with Gasteiger partial charge in [-0.1, -0.05) is 40.8 Å². The van der Waals surface area contributed by atoms with Crippen LogP contribution in [-0.2, 0) is 0 Å². The number of halogens is 1. The van der Waals surface area contributed by atoms with Gasteiger partial charge >= 0.3 is 6.03 Å². The number of anilines is 2. The van der Waals surface area contributed by atoms with Crippen molar-refractivity contribution in [1.29, 1.82) is 0 Å². The number of ether oxygens (including phenoxy) is 2. The smallest absolute Gasteiger partial charge is 0.324 e. The molecule has 0 atom stereocenters. The van der Waals surface area contributed by atoms with E-state index in [2.05, 4.69) is 20.6 Å². The van der Waals surface area contributed by atoms with Crippen LogP contribution in [0, 0.1) is 0 Å². The van der Waals surface area contributed by atoms with Crippen LogP contribution in [0.15, 0.2) is 64.1 Å². The van der Waals surface area contributed by atoms with Gasteiger partial charge in [-0.15, -0.1) is 0 Å². The Hall–Kier alpha value is -3.01. The molecule has 2 aromatic carbocycles. The van der Waals surface area contributed by atoms with E-state index in [0.29, 0.717) is 27.2 Å². The number of benzene rings is 2. The zero-order chi connectivity index (χ0) is 21.8. The molecule has 2 N–H and O–H groups in total. The van der Waals surface area contributed by atoms with E-state index < -0.39 is 0 Å². The van der Waals surface area contributed by atoms with Crippen molar-refractivity contribution in [3.63, 3.8) is 0 Å². The van der Waals surface area contributed by atoms with E-state index in [1.54, 1.807) is 50.9 Å². The number of nitrogens with zero attached hydrogens (tertiary/aromatic N) is 2. The second-order valence-electron chi connectivity index (χ2n) is 6.22. The van der Waals surface area contributed by atoms with Gasteiger partial charge in [-0.3, -0.25) is 10.3 Å². The van der Waals surface area contributed by atoms with Gasteiger partial charge in [0.05, 0.1) is 25.9 Å². The van der Waals surface area contributed by atoms with Crippen LogP contribution in [0.5, 0.6) is 11.5 Å². The number of nitrogens with one attached hydrogen (secondary N) is 2. The molecule has 2 heterocycles. The van der Waals surface area contributed by atoms with Crippen LogP contribution in [0.4, 0.5) is 15.5 Å². The summed E-state index contributed by atoms with van der Waals surface area (Å²) in [5.74, 6) is 1.25. The summed E-state index contributed by atoms with van der Waals surface area (Å²) in [6.07, 6.45) is 3.36. The number of aromatic nitrogens is 2. The number of hydrogen-bond donors (Lipinski definition) is 2. The molecule has 158 valence electrons. The van der Waals surface area contributed by atoms with Crippen molar-refractivity contribution in [2.45, 2.75) is 9.24 Å². The monoisotopic (exact) mass is 472 g/mol. The third-order valence-corrected chi connectivity index (χ3v) is 6.51. The molecule has 4 rings (SSSR count). The van der Waals surface area contributed by atoms with Crippen LogP contribution in [-0.4, -0.2) is 30.2 Å². The van der Waals surface area contributed by atoms with Gasteiger partial charge in [0.15, 0.2) is 15.8 Å². The molecule has 4 aromatic rings. The molecule has 0 saturated heterocycles. The van der Waals surface area contributed by atoms with Crippen molar-refractivity contribution in [3.05, 3.63) is 59.9 Å². The summed E-state index contributed by atoms with van der Waals surface area (Å²) >= 11 is 8.80. The second kappa shape index (κ2) is 9.42. The topological polar surface area (TPSA) is 85.4 Å². The van der Waals surface area contributed by atoms with E-state index in [1.807, 2.05) is 18.2 Å². The van der Waals surface area contributed by atoms with Gasteiger partial charge in [-0.05, 0) is 30.3 Å². The Morgan fingerprint density at radius 2 is 1.87 bits per heavy atom. The van der Waals surface area contributed by atoms with Gasteiger partial charge in [0.25, 0.3) is 0 Å². The van der Waals surface area contributed by atoms with Gasteiger partial charge < -0.3 is 14.8 Å². The Bertz CT molecular complexity index is 1250. The van der Waals surface area contributed by atoms with Crippen LogP contribution < -0.4 is 20.1 Å². The number of methoxy groups -OCH3 is 2. The maximum Gasteiger partial charge on any atom is 0.324 e. The summed E-state index contributed by atoms with van der Waals surface area (Å²) < 4.78 is 11.6. The summed E-state index contributed by atoms with van der Waals surface area (Å²) in [7, 11) is 3.19. The van der Waals surface area contributed by atoms with Crippen molar-refractivity contribution in [1.82, 2.24) is 9.97 Å². The number of urea groups is 1. The van der Waals surface area contributed by atoms with Crippen LogP contribution in [0.1, 0.15) is 0 Å². The molecule has 31 heavy (non-hydrogen) atoms. The Morgan fingerprint density at radius 3 is 2.65 bits per heavy atom. The highest BCUT2D eigenvalue weighted by Crippen LogP contribution is 2.40. The number of thiazole rings is 1. The SMILES string of the molecule is COc1cc2nccc(Sc3ncc(NC(=O)Nc4cccc(Cl)c4)s3)c2cc1OC. The molecule has 7 nitrogen and oxygen atoms in total. The highest BCUT2D eigenvalue weighted by molar-refractivity contribution is 8.01. The lowest BCUT2D eigenvalue weighted by atomic mass is 10.2. The predicted molar refractivity (Wildman–Crippen MR) is 125 cm³/mol. The normalized spacial score (nSPS) is 10.7. The zero-order valence-electron chi connectivity index (χ0n) is 16.5. The van der Waals surface area contributed by atoms with Crippen LogP contribution in [0.3, 0.4) is 0 Å². The fourth-order valence-electron chi connectivity index (χ4n) is 2.83. The summed E-state index contributed by atoms with van der Waals surface area (Å²) in [6, 6.07) is 12.2. The number of carbonyl (C=O) groups excluding carboxylic acids is 1. The van der Waals surface area contributed by atoms with Gasteiger partial charge in [0.1, 0.15) is 5.00 Å². The maximum absolute atomic E-state index is 12.2. The van der Waals surface area contributed by atoms with Crippen molar-refractivity contribution in [2.24, 2.45) is 0 Å². The Labute approximate surface area is 191 Å². The zero-order valence-corrected chi connectivity index (χ0v) is 18.9. The summed E-state index contributed by atoms with van der Waals surface area (Å²) in [5.41, 5.74) is 1.40. The molecule has 0 fully saturated rings. The molecule has 0 unspecified atom stereocenters. The first-order valence-corrected chi connectivity index (χ1v) is 11.0. The Balaban J connectivity index is 1.50. The third-order valence-electron chi connectivity index (χ3n) is 4.21. The summed E-state index contributed by atoms with van der Waals surface area (Å²) in [4.78, 5) is 22.0. The standard InChI is InChI=1S/C21H17ClN4O3S2/c1-28-16-9-14-15(10-17(16)29-2)23-7-6-18(14)30-21-24-11-19(31-21)26-20(27)25-13-5-3-4-12(22)8-13/h3-11H,1-2H3,(H2,25,26,27). The van der Waals surface area contributed by atoms with E-state index in [0.717, 1.165) is 20.1 Å². The van der Waals surface area contributed by atoms with E-state index in [4.69, 9.17) is 21.1 Å². The fourth-order valence-corrected chi connectivity index (χ4v) is 4.97. The van der Waals surface area contributed by atoms with Crippen LogP contribution >= 0.6 is 34.7 Å². The third kappa shape index (κ3) is 5.01. The number of carbonyl (C=O) groups is 1. The van der Waals surface area contributed by atoms with Crippen molar-refractivity contribution >= 4 is 62.3 Å². The molecular formula is C21H17ClN4O3S2. The molecule has 0 aliphatic carbocycles. The molecule has 0 saturated carbocycles. The van der Waals surface area contributed by atoms with Gasteiger partial charge in [-0.25, -0.2) is 9.78 Å². The molecule has 0 spiro atoms. The number of fused-ring (bicyclic) bond motifs is 1. The first-order valence-electron chi connectivity index (χ1n) is 9.03. The van der Waals surface area contributed by atoms with Crippen molar-refractivity contribution in [2.75, 3.05) is 24.9 Å². The second-order valence-corrected chi connectivity index (χ2v) is 8.97. The molecule has 0 radical (unpaired) electrons. The predicted octanol–water partition coefficient (Wildman–Crippen LogP) is 6.16. The van der Waals surface area contributed by atoms with Crippen LogP contribution in [0.2, 0.25) is 5.02 Å². The van der Waals surface area contributed by atoms with Crippen LogP contribution in [0.25, 0.3) is 10.9 Å². The minimum atomic E-state index is -0.367. The fraction of sp³-hybridized carbons (Fsp3) is 0.0952. The van der Waals surface area contributed by atoms with Crippen molar-refractivity contribution in [3.8, 4) is 11.5 Å². The minimum Gasteiger partial charge on any atom is -0.493 e. The number of amides is 2. The summed E-state index contributed by atoms with van der Waals surface area (Å²) in [6.45, 7) is 0. The van der Waals surface area contributed by atoms with E-state index >= 15 is 0 Å². The van der Waals surface area contributed by atoms with Gasteiger partial charge in [0, 0.05) is 33.3 Å². The first kappa shape index (κ1) is 21.2. The van der Waals surface area contributed by atoms with E-state index in [1.165, 1.54) is 23.1 Å². The number of hydrogen-bond acceptors (Lipinski definition) is 7. The lowest BCUT2D eigenvalue weighted by molar-refractivity contribution is 0.262. The maximum atomic E-state index is 12.2. The van der Waals surface area contributed by atoms with E-state index in [9.17, 15) is 4.79 Å². The largest absolute Gasteiger partial charge is 0.493 e. The highest BCUT2D eigenvalue weighted by Gasteiger charge is 2.13. The lowest BCUT2D eigenvalue weighted by Gasteiger charge is -2.10. The summed E-state index contributed by atoms with van der Waals surface area (Å²) in [5, 5.41) is 7.63. The number of rotatable bonds is 6. The lowest BCUT2D eigenvalue weighted by Crippen LogP contribution is -2.18. The highest BCUT2D eigenvalue weighted by atomic mass is 35.5. The molecule has 0 aliphatic heterocycles.